The molecule has 0 saturated carbocycles. The van der Waals surface area contributed by atoms with Crippen LogP contribution in [0.1, 0.15) is 17.2 Å². The van der Waals surface area contributed by atoms with Crippen molar-refractivity contribution in [3.8, 4) is 12.3 Å². The van der Waals surface area contributed by atoms with Crippen LogP contribution < -0.4 is 10.2 Å². The molecule has 3 aromatic carbocycles. The van der Waals surface area contributed by atoms with Gasteiger partial charge in [0.2, 0.25) is 5.91 Å². The summed E-state index contributed by atoms with van der Waals surface area (Å²) < 4.78 is 0. The predicted octanol–water partition coefficient (Wildman–Crippen LogP) is 4.36. The molecule has 144 valence electrons. The van der Waals surface area contributed by atoms with Crippen LogP contribution in [0.15, 0.2) is 84.9 Å². The number of amides is 2. The first-order valence-electron chi connectivity index (χ1n) is 9.02. The topological polar surface area (TPSA) is 49.4 Å². The summed E-state index contributed by atoms with van der Waals surface area (Å²) in [6.45, 7) is 0.330. The summed E-state index contributed by atoms with van der Waals surface area (Å²) in [4.78, 5) is 27.2. The van der Waals surface area contributed by atoms with Crippen molar-refractivity contribution < 1.29 is 9.59 Å². The lowest BCUT2D eigenvalue weighted by Gasteiger charge is -2.30. The third-order valence-electron chi connectivity index (χ3n) is 4.36. The Morgan fingerprint density at radius 2 is 1.62 bits per heavy atom. The molecule has 3 aromatic rings. The Hall–Kier alpha value is -3.55. The number of anilines is 1. The molecule has 0 fully saturated rings. The summed E-state index contributed by atoms with van der Waals surface area (Å²) in [5.74, 6) is 1.15. The number of benzene rings is 3. The second-order valence-corrected chi connectivity index (χ2v) is 6.75. The minimum atomic E-state index is -0.943. The van der Waals surface area contributed by atoms with Crippen LogP contribution in [-0.4, -0.2) is 11.8 Å². The lowest BCUT2D eigenvalue weighted by atomic mass is 10.0. The fraction of sp³-hybridized carbons (Fsp3) is 0.0833. The Morgan fingerprint density at radius 3 is 2.24 bits per heavy atom. The third-order valence-corrected chi connectivity index (χ3v) is 4.60. The van der Waals surface area contributed by atoms with Crippen LogP contribution in [0.25, 0.3) is 0 Å². The van der Waals surface area contributed by atoms with Gasteiger partial charge in [0.05, 0.1) is 0 Å². The minimum Gasteiger partial charge on any atom is -0.350 e. The van der Waals surface area contributed by atoms with E-state index in [0.29, 0.717) is 22.8 Å². The van der Waals surface area contributed by atoms with Gasteiger partial charge in [-0.15, -0.1) is 6.42 Å². The van der Waals surface area contributed by atoms with Crippen LogP contribution in [0, 0.1) is 12.3 Å². The van der Waals surface area contributed by atoms with Crippen molar-refractivity contribution >= 4 is 29.1 Å². The zero-order chi connectivity index (χ0) is 20.6. The summed E-state index contributed by atoms with van der Waals surface area (Å²) in [6, 6.07) is 24.3. The number of nitrogens with zero attached hydrogens (tertiary/aromatic N) is 1. The number of carbonyl (C=O) groups is 2. The van der Waals surface area contributed by atoms with E-state index in [1.807, 2.05) is 48.5 Å². The van der Waals surface area contributed by atoms with Crippen LogP contribution in [-0.2, 0) is 16.1 Å². The fourth-order valence-corrected chi connectivity index (χ4v) is 3.20. The molecule has 3 rings (SSSR count). The van der Waals surface area contributed by atoms with Gasteiger partial charge in [0.15, 0.2) is 0 Å². The Kier molecular flexibility index (Phi) is 6.67. The molecular weight excluding hydrogens is 384 g/mol. The lowest BCUT2D eigenvalue weighted by Crippen LogP contribution is -2.43. The van der Waals surface area contributed by atoms with E-state index in [1.54, 1.807) is 36.4 Å². The summed E-state index contributed by atoms with van der Waals surface area (Å²) in [5, 5.41) is 3.35. The summed E-state index contributed by atoms with van der Waals surface area (Å²) >= 11 is 6.12. The van der Waals surface area contributed by atoms with Gasteiger partial charge in [-0.1, -0.05) is 78.3 Å². The molecule has 0 bridgehead atoms. The standard InChI is InChI=1S/C24H19ClN2O2/c1-2-22(28)27(21-15-9-14-20(25)16-21)23(19-12-7-4-8-13-19)24(29)26-17-18-10-5-3-6-11-18/h1,3-16,23H,17H2,(H,26,29). The summed E-state index contributed by atoms with van der Waals surface area (Å²) in [7, 11) is 0. The molecule has 0 saturated heterocycles. The van der Waals surface area contributed by atoms with Crippen molar-refractivity contribution in [3.63, 3.8) is 0 Å². The Labute approximate surface area is 175 Å². The zero-order valence-corrected chi connectivity index (χ0v) is 16.3. The molecule has 1 N–H and O–H groups in total. The molecule has 0 radical (unpaired) electrons. The highest BCUT2D eigenvalue weighted by atomic mass is 35.5. The number of nitrogens with one attached hydrogen (secondary N) is 1. The maximum Gasteiger partial charge on any atom is 0.303 e. The second-order valence-electron chi connectivity index (χ2n) is 6.32. The van der Waals surface area contributed by atoms with Gasteiger partial charge in [0, 0.05) is 17.3 Å². The molecule has 4 nitrogen and oxygen atoms in total. The monoisotopic (exact) mass is 402 g/mol. The molecule has 0 spiro atoms. The maximum atomic E-state index is 13.2. The molecule has 0 aliphatic heterocycles. The van der Waals surface area contributed by atoms with Crippen LogP contribution in [0.2, 0.25) is 5.02 Å². The summed E-state index contributed by atoms with van der Waals surface area (Å²) in [6.07, 6.45) is 5.42. The van der Waals surface area contributed by atoms with Gasteiger partial charge in [-0.2, -0.15) is 0 Å². The molecule has 1 atom stereocenters. The van der Waals surface area contributed by atoms with Crippen molar-refractivity contribution in [2.75, 3.05) is 4.90 Å². The predicted molar refractivity (Wildman–Crippen MR) is 115 cm³/mol. The van der Waals surface area contributed by atoms with Gasteiger partial charge in [0.25, 0.3) is 0 Å². The van der Waals surface area contributed by atoms with E-state index in [4.69, 9.17) is 18.0 Å². The first-order valence-corrected chi connectivity index (χ1v) is 9.40. The van der Waals surface area contributed by atoms with E-state index in [0.717, 1.165) is 5.56 Å². The largest absolute Gasteiger partial charge is 0.350 e. The van der Waals surface area contributed by atoms with Gasteiger partial charge in [-0.25, -0.2) is 0 Å². The van der Waals surface area contributed by atoms with Crippen LogP contribution in [0.4, 0.5) is 5.69 Å². The first kappa shape index (κ1) is 20.2. The van der Waals surface area contributed by atoms with E-state index >= 15 is 0 Å². The van der Waals surface area contributed by atoms with Crippen LogP contribution >= 0.6 is 11.6 Å². The average molecular weight is 403 g/mol. The average Bonchev–Trinajstić information content (AvgIpc) is 2.76. The molecule has 29 heavy (non-hydrogen) atoms. The molecule has 5 heteroatoms. The molecule has 0 aliphatic carbocycles. The van der Waals surface area contributed by atoms with E-state index in [-0.39, 0.29) is 5.91 Å². The minimum absolute atomic E-state index is 0.330. The van der Waals surface area contributed by atoms with Crippen molar-refractivity contribution in [1.29, 1.82) is 0 Å². The highest BCUT2D eigenvalue weighted by Crippen LogP contribution is 2.29. The number of terminal acetylenes is 1. The quantitative estimate of drug-likeness (QED) is 0.622. The van der Waals surface area contributed by atoms with E-state index in [2.05, 4.69) is 11.2 Å². The van der Waals surface area contributed by atoms with E-state index < -0.39 is 11.9 Å². The van der Waals surface area contributed by atoms with Crippen molar-refractivity contribution in [2.24, 2.45) is 0 Å². The van der Waals surface area contributed by atoms with Crippen molar-refractivity contribution in [2.45, 2.75) is 12.6 Å². The highest BCUT2D eigenvalue weighted by Gasteiger charge is 2.32. The Bertz CT molecular complexity index is 1030. The van der Waals surface area contributed by atoms with Crippen LogP contribution in [0.5, 0.6) is 0 Å². The van der Waals surface area contributed by atoms with Gasteiger partial charge in [0.1, 0.15) is 6.04 Å². The second kappa shape index (κ2) is 9.59. The van der Waals surface area contributed by atoms with Gasteiger partial charge in [-0.3, -0.25) is 14.5 Å². The van der Waals surface area contributed by atoms with Gasteiger partial charge in [-0.05, 0) is 35.2 Å². The molecule has 2 amide bonds. The molecule has 0 aromatic heterocycles. The molecule has 0 aliphatic rings. The van der Waals surface area contributed by atoms with E-state index in [9.17, 15) is 9.59 Å². The smallest absolute Gasteiger partial charge is 0.303 e. The number of carbonyl (C=O) groups excluding carboxylic acids is 2. The molecule has 0 heterocycles. The van der Waals surface area contributed by atoms with Crippen molar-refractivity contribution in [1.82, 2.24) is 5.32 Å². The SMILES string of the molecule is C#CC(=O)N(c1cccc(Cl)c1)C(C(=O)NCc1ccccc1)c1ccccc1. The zero-order valence-electron chi connectivity index (χ0n) is 15.6. The van der Waals surface area contributed by atoms with Crippen LogP contribution in [0.3, 0.4) is 0 Å². The summed E-state index contributed by atoms with van der Waals surface area (Å²) in [5.41, 5.74) is 2.04. The number of hydrogen-bond donors (Lipinski definition) is 1. The molecule has 1 unspecified atom stereocenters. The highest BCUT2D eigenvalue weighted by molar-refractivity contribution is 6.31. The number of hydrogen-bond acceptors (Lipinski definition) is 2. The van der Waals surface area contributed by atoms with Gasteiger partial charge >= 0.3 is 5.91 Å². The number of halogens is 1. The number of rotatable bonds is 6. The fourth-order valence-electron chi connectivity index (χ4n) is 3.01. The third kappa shape index (κ3) is 5.04. The maximum absolute atomic E-state index is 13.2. The van der Waals surface area contributed by atoms with Crippen molar-refractivity contribution in [3.05, 3.63) is 101 Å². The normalized spacial score (nSPS) is 11.2. The Balaban J connectivity index is 1.99. The first-order chi connectivity index (χ1) is 14.1. The molecular formula is C24H19ClN2O2. The van der Waals surface area contributed by atoms with Gasteiger partial charge < -0.3 is 5.32 Å². The Morgan fingerprint density at radius 1 is 0.966 bits per heavy atom. The lowest BCUT2D eigenvalue weighted by molar-refractivity contribution is -0.125. The van der Waals surface area contributed by atoms with E-state index in [1.165, 1.54) is 4.90 Å².